The first-order valence-electron chi connectivity index (χ1n) is 6.05. The molecule has 1 saturated carbocycles. The van der Waals surface area contributed by atoms with E-state index in [4.69, 9.17) is 14.6 Å². The van der Waals surface area contributed by atoms with Gasteiger partial charge in [-0.3, -0.25) is 9.59 Å². The van der Waals surface area contributed by atoms with E-state index in [1.54, 1.807) is 6.92 Å². The van der Waals surface area contributed by atoms with Gasteiger partial charge in [-0.2, -0.15) is 0 Å². The van der Waals surface area contributed by atoms with E-state index >= 15 is 0 Å². The van der Waals surface area contributed by atoms with E-state index in [0.717, 1.165) is 0 Å². The van der Waals surface area contributed by atoms with Crippen molar-refractivity contribution >= 4 is 11.9 Å². The van der Waals surface area contributed by atoms with Crippen LogP contribution in [-0.2, 0) is 19.1 Å². The maximum Gasteiger partial charge on any atom is 0.305 e. The molecule has 0 aromatic carbocycles. The highest BCUT2D eigenvalue weighted by molar-refractivity contribution is 5.79. The van der Waals surface area contributed by atoms with E-state index in [0.29, 0.717) is 12.5 Å². The van der Waals surface area contributed by atoms with Crippen LogP contribution in [0.5, 0.6) is 0 Å². The molecule has 0 heterocycles. The smallest absolute Gasteiger partial charge is 0.305 e. The highest BCUT2D eigenvalue weighted by atomic mass is 16.5. The van der Waals surface area contributed by atoms with Crippen LogP contribution in [0, 0.1) is 5.92 Å². The van der Waals surface area contributed by atoms with E-state index in [2.05, 4.69) is 5.32 Å². The average Bonchev–Trinajstić information content (AvgIpc) is 2.99. The minimum absolute atomic E-state index is 0.0323. The van der Waals surface area contributed by atoms with Crippen LogP contribution in [0.15, 0.2) is 0 Å². The largest absolute Gasteiger partial charge is 0.481 e. The predicted molar refractivity (Wildman–Crippen MR) is 64.2 cm³/mol. The van der Waals surface area contributed by atoms with E-state index < -0.39 is 11.5 Å². The first-order chi connectivity index (χ1) is 8.45. The lowest BCUT2D eigenvalue weighted by Crippen LogP contribution is -2.51. The second kappa shape index (κ2) is 6.70. The number of methoxy groups -OCH3 is 1. The van der Waals surface area contributed by atoms with Gasteiger partial charge >= 0.3 is 5.97 Å². The number of amides is 1. The number of hydrogen-bond donors (Lipinski definition) is 2. The molecule has 1 aliphatic carbocycles. The molecule has 18 heavy (non-hydrogen) atoms. The summed E-state index contributed by atoms with van der Waals surface area (Å²) in [6, 6.07) is 0. The van der Waals surface area contributed by atoms with Gasteiger partial charge in [-0.15, -0.1) is 0 Å². The van der Waals surface area contributed by atoms with Crippen molar-refractivity contribution in [1.82, 2.24) is 5.32 Å². The van der Waals surface area contributed by atoms with Crippen molar-refractivity contribution in [2.45, 2.75) is 31.7 Å². The Morgan fingerprint density at radius 2 is 2.11 bits per heavy atom. The fourth-order valence-corrected chi connectivity index (χ4v) is 1.76. The molecule has 0 spiro atoms. The van der Waals surface area contributed by atoms with Gasteiger partial charge < -0.3 is 19.9 Å². The Hall–Kier alpha value is -1.14. The molecule has 0 aromatic heterocycles. The molecule has 0 aliphatic heterocycles. The van der Waals surface area contributed by atoms with Crippen molar-refractivity contribution in [3.05, 3.63) is 0 Å². The van der Waals surface area contributed by atoms with Gasteiger partial charge in [0.25, 0.3) is 0 Å². The van der Waals surface area contributed by atoms with Gasteiger partial charge in [0.15, 0.2) is 0 Å². The Labute approximate surface area is 107 Å². The van der Waals surface area contributed by atoms with Crippen molar-refractivity contribution in [3.8, 4) is 0 Å². The molecule has 2 N–H and O–H groups in total. The number of carboxylic acid groups (broad SMARTS) is 1. The van der Waals surface area contributed by atoms with Gasteiger partial charge in [-0.05, 0) is 25.7 Å². The topological polar surface area (TPSA) is 84.9 Å². The van der Waals surface area contributed by atoms with Gasteiger partial charge in [0.1, 0.15) is 6.61 Å². The molecule has 1 unspecified atom stereocenters. The Morgan fingerprint density at radius 3 is 2.61 bits per heavy atom. The van der Waals surface area contributed by atoms with Crippen molar-refractivity contribution in [3.63, 3.8) is 0 Å². The molecular formula is C12H21NO5. The third-order valence-electron chi connectivity index (χ3n) is 2.73. The summed E-state index contributed by atoms with van der Waals surface area (Å²) in [4.78, 5) is 22.4. The van der Waals surface area contributed by atoms with Crippen LogP contribution in [0.2, 0.25) is 0 Å². The van der Waals surface area contributed by atoms with Gasteiger partial charge in [0.2, 0.25) is 5.91 Å². The second-order valence-corrected chi connectivity index (χ2v) is 5.07. The third-order valence-corrected chi connectivity index (χ3v) is 2.73. The van der Waals surface area contributed by atoms with Crippen LogP contribution in [0.3, 0.4) is 0 Å². The zero-order valence-corrected chi connectivity index (χ0v) is 10.9. The highest BCUT2D eigenvalue weighted by Crippen LogP contribution is 2.28. The number of hydrogen-bond acceptors (Lipinski definition) is 4. The Balaban J connectivity index is 2.32. The summed E-state index contributed by atoms with van der Waals surface area (Å²) >= 11 is 0. The Morgan fingerprint density at radius 1 is 1.44 bits per heavy atom. The quantitative estimate of drug-likeness (QED) is 0.626. The first-order valence-corrected chi connectivity index (χ1v) is 6.05. The second-order valence-electron chi connectivity index (χ2n) is 5.07. The third kappa shape index (κ3) is 5.97. The fourth-order valence-electron chi connectivity index (χ4n) is 1.76. The summed E-state index contributed by atoms with van der Waals surface area (Å²) in [7, 11) is 1.47. The van der Waals surface area contributed by atoms with Crippen molar-refractivity contribution in [2.24, 2.45) is 5.92 Å². The number of carbonyl (C=O) groups excluding carboxylic acids is 1. The Kier molecular flexibility index (Phi) is 5.55. The summed E-state index contributed by atoms with van der Waals surface area (Å²) in [6.07, 6.45) is 2.15. The van der Waals surface area contributed by atoms with Gasteiger partial charge in [0, 0.05) is 7.11 Å². The summed E-state index contributed by atoms with van der Waals surface area (Å²) in [5, 5.41) is 11.5. The average molecular weight is 259 g/mol. The molecule has 0 saturated heterocycles. The van der Waals surface area contributed by atoms with Crippen LogP contribution in [0.4, 0.5) is 0 Å². The van der Waals surface area contributed by atoms with Gasteiger partial charge in [0.05, 0.1) is 25.2 Å². The lowest BCUT2D eigenvalue weighted by atomic mass is 9.99. The summed E-state index contributed by atoms with van der Waals surface area (Å²) < 4.78 is 10.2. The molecule has 1 rings (SSSR count). The summed E-state index contributed by atoms with van der Waals surface area (Å²) in [5.41, 5.74) is -0.902. The molecule has 0 bridgehead atoms. The predicted octanol–water partition coefficient (Wildman–Crippen LogP) is 0.409. The number of carbonyl (C=O) groups is 2. The molecule has 1 amide bonds. The molecule has 0 aromatic rings. The van der Waals surface area contributed by atoms with Crippen LogP contribution in [-0.4, -0.2) is 49.5 Å². The highest BCUT2D eigenvalue weighted by Gasteiger charge is 2.29. The monoisotopic (exact) mass is 259 g/mol. The van der Waals surface area contributed by atoms with Crippen LogP contribution < -0.4 is 5.32 Å². The molecule has 6 heteroatoms. The van der Waals surface area contributed by atoms with E-state index in [-0.39, 0.29) is 25.5 Å². The maximum atomic E-state index is 11.6. The standard InChI is InChI=1S/C12H21NO5/c1-12(8-17-2,5-11(15)16)13-10(14)7-18-6-9-3-4-9/h9H,3-8H2,1-2H3,(H,13,14)(H,15,16). The summed E-state index contributed by atoms with van der Waals surface area (Å²) in [5.74, 6) is -0.688. The molecule has 1 aliphatic rings. The molecule has 1 fully saturated rings. The van der Waals surface area contributed by atoms with Gasteiger partial charge in [-0.1, -0.05) is 0 Å². The lowest BCUT2D eigenvalue weighted by Gasteiger charge is -2.28. The normalized spacial score (nSPS) is 18.1. The molecule has 0 radical (unpaired) electrons. The van der Waals surface area contributed by atoms with E-state index in [9.17, 15) is 9.59 Å². The SMILES string of the molecule is COCC(C)(CC(=O)O)NC(=O)COCC1CC1. The number of carboxylic acids is 1. The minimum atomic E-state index is -0.978. The summed E-state index contributed by atoms with van der Waals surface area (Å²) in [6.45, 7) is 2.36. The first kappa shape index (κ1) is 14.9. The zero-order valence-electron chi connectivity index (χ0n) is 10.9. The fraction of sp³-hybridized carbons (Fsp3) is 0.833. The van der Waals surface area contributed by atoms with Crippen molar-refractivity contribution in [1.29, 1.82) is 0 Å². The van der Waals surface area contributed by atoms with Crippen LogP contribution in [0.1, 0.15) is 26.2 Å². The van der Waals surface area contributed by atoms with Crippen molar-refractivity contribution in [2.75, 3.05) is 26.9 Å². The number of rotatable bonds is 9. The zero-order chi connectivity index (χ0) is 13.6. The molecular weight excluding hydrogens is 238 g/mol. The van der Waals surface area contributed by atoms with Crippen molar-refractivity contribution < 1.29 is 24.2 Å². The minimum Gasteiger partial charge on any atom is -0.481 e. The van der Waals surface area contributed by atoms with Gasteiger partial charge in [-0.25, -0.2) is 0 Å². The molecule has 104 valence electrons. The van der Waals surface area contributed by atoms with Crippen LogP contribution >= 0.6 is 0 Å². The number of aliphatic carboxylic acids is 1. The van der Waals surface area contributed by atoms with Crippen LogP contribution in [0.25, 0.3) is 0 Å². The van der Waals surface area contributed by atoms with E-state index in [1.165, 1.54) is 20.0 Å². The maximum absolute atomic E-state index is 11.6. The molecule has 6 nitrogen and oxygen atoms in total. The Bertz CT molecular complexity index is 303. The number of nitrogens with one attached hydrogen (secondary N) is 1. The molecule has 1 atom stereocenters. The number of ether oxygens (including phenoxy) is 2. The van der Waals surface area contributed by atoms with E-state index in [1.807, 2.05) is 0 Å². The lowest BCUT2D eigenvalue weighted by molar-refractivity contribution is -0.140.